The Morgan fingerprint density at radius 2 is 2.04 bits per heavy atom. The molecule has 8 heteroatoms. The molecule has 1 aliphatic rings. The molecule has 27 heavy (non-hydrogen) atoms. The zero-order chi connectivity index (χ0) is 19.9. The number of carbonyl (C=O) groups is 2. The van der Waals surface area contributed by atoms with Crippen LogP contribution in [0.1, 0.15) is 43.1 Å². The summed E-state index contributed by atoms with van der Waals surface area (Å²) in [6, 6.07) is 3.46. The number of pyridine rings is 1. The molecule has 0 atom stereocenters. The van der Waals surface area contributed by atoms with Crippen LogP contribution in [0.2, 0.25) is 0 Å². The normalized spacial score (nSPS) is 13.5. The smallest absolute Gasteiger partial charge is 0.325 e. The number of hydrogen-bond acceptors (Lipinski definition) is 5. The average molecular weight is 437 g/mol. The number of nitrogens with one attached hydrogen (secondary N) is 1. The number of hydrogen-bond donors (Lipinski definition) is 2. The Kier molecular flexibility index (Phi) is 5.03. The highest BCUT2D eigenvalue weighted by molar-refractivity contribution is 9.10. The van der Waals surface area contributed by atoms with Crippen LogP contribution in [0, 0.1) is 0 Å². The summed E-state index contributed by atoms with van der Waals surface area (Å²) in [5.74, 6) is -1.79. The molecule has 2 heterocycles. The Bertz CT molecular complexity index is 1000. The maximum absolute atomic E-state index is 12.9. The van der Waals surface area contributed by atoms with Gasteiger partial charge >= 0.3 is 5.97 Å². The third-order valence-electron chi connectivity index (χ3n) is 4.30. The molecule has 1 aromatic heterocycles. The third-order valence-corrected chi connectivity index (χ3v) is 5.04. The van der Waals surface area contributed by atoms with Crippen LogP contribution in [0.3, 0.4) is 0 Å². The van der Waals surface area contributed by atoms with Crippen LogP contribution in [0.5, 0.6) is 5.75 Å². The van der Waals surface area contributed by atoms with Crippen LogP contribution in [0.25, 0.3) is 10.9 Å². The first-order valence-electron chi connectivity index (χ1n) is 8.67. The second-order valence-electron chi connectivity index (χ2n) is 7.48. The number of aromatic hydroxyl groups is 1. The van der Waals surface area contributed by atoms with Crippen LogP contribution < -0.4 is 10.9 Å². The Balaban J connectivity index is 1.99. The van der Waals surface area contributed by atoms with Gasteiger partial charge in [-0.1, -0.05) is 15.9 Å². The molecular weight excluding hydrogens is 416 g/mol. The van der Waals surface area contributed by atoms with Crippen LogP contribution in [0.15, 0.2) is 21.4 Å². The molecule has 2 aromatic rings. The van der Waals surface area contributed by atoms with E-state index in [1.54, 1.807) is 32.9 Å². The van der Waals surface area contributed by atoms with E-state index < -0.39 is 29.6 Å². The van der Waals surface area contributed by atoms with Crippen LogP contribution in [-0.2, 0) is 22.5 Å². The number of benzene rings is 1. The van der Waals surface area contributed by atoms with E-state index in [4.69, 9.17) is 4.74 Å². The molecule has 0 saturated carbocycles. The summed E-state index contributed by atoms with van der Waals surface area (Å²) in [5.41, 5.74) is -0.0314. The van der Waals surface area contributed by atoms with Gasteiger partial charge in [-0.15, -0.1) is 0 Å². The third kappa shape index (κ3) is 3.71. The molecule has 7 nitrogen and oxygen atoms in total. The Morgan fingerprint density at radius 1 is 1.33 bits per heavy atom. The van der Waals surface area contributed by atoms with E-state index in [0.29, 0.717) is 17.4 Å². The fourth-order valence-corrected chi connectivity index (χ4v) is 3.79. The lowest BCUT2D eigenvalue weighted by atomic mass is 9.99. The second-order valence-corrected chi connectivity index (χ2v) is 8.33. The quantitative estimate of drug-likeness (QED) is 0.720. The summed E-state index contributed by atoms with van der Waals surface area (Å²) in [6.07, 6.45) is 1.54. The molecule has 2 N–H and O–H groups in total. The highest BCUT2D eigenvalue weighted by Gasteiger charge is 2.26. The minimum atomic E-state index is -0.802. The number of aromatic nitrogens is 1. The second kappa shape index (κ2) is 6.99. The minimum Gasteiger partial charge on any atom is -0.506 e. The van der Waals surface area contributed by atoms with Gasteiger partial charge in [0.15, 0.2) is 0 Å². The van der Waals surface area contributed by atoms with Gasteiger partial charge in [-0.3, -0.25) is 14.4 Å². The molecule has 0 saturated heterocycles. The molecule has 0 aliphatic carbocycles. The predicted molar refractivity (Wildman–Crippen MR) is 104 cm³/mol. The lowest BCUT2D eigenvalue weighted by Gasteiger charge is -2.22. The van der Waals surface area contributed by atoms with Gasteiger partial charge in [-0.2, -0.15) is 0 Å². The molecule has 0 bridgehead atoms. The predicted octanol–water partition coefficient (Wildman–Crippen LogP) is 2.49. The molecule has 0 radical (unpaired) electrons. The Hall–Kier alpha value is -2.35. The van der Waals surface area contributed by atoms with E-state index in [-0.39, 0.29) is 11.3 Å². The van der Waals surface area contributed by atoms with Gasteiger partial charge in [0.2, 0.25) is 0 Å². The lowest BCUT2D eigenvalue weighted by molar-refractivity contribution is -0.153. The van der Waals surface area contributed by atoms with Crippen molar-refractivity contribution in [2.24, 2.45) is 0 Å². The number of carbonyl (C=O) groups excluding carboxylic acids is 2. The highest BCUT2D eigenvalue weighted by atomic mass is 79.9. The Labute approximate surface area is 164 Å². The number of esters is 1. The van der Waals surface area contributed by atoms with Gasteiger partial charge in [-0.25, -0.2) is 0 Å². The van der Waals surface area contributed by atoms with Crippen molar-refractivity contribution in [1.29, 1.82) is 0 Å². The first-order chi connectivity index (χ1) is 12.6. The number of ether oxygens (including phenoxy) is 1. The highest BCUT2D eigenvalue weighted by Crippen LogP contribution is 2.35. The summed E-state index contributed by atoms with van der Waals surface area (Å²) in [6.45, 7) is 5.22. The van der Waals surface area contributed by atoms with Gasteiger partial charge < -0.3 is 19.7 Å². The van der Waals surface area contributed by atoms with Crippen molar-refractivity contribution in [3.63, 3.8) is 0 Å². The number of amides is 1. The van der Waals surface area contributed by atoms with Gasteiger partial charge in [0.1, 0.15) is 23.5 Å². The van der Waals surface area contributed by atoms with Gasteiger partial charge in [0.25, 0.3) is 11.5 Å². The zero-order valence-corrected chi connectivity index (χ0v) is 17.0. The summed E-state index contributed by atoms with van der Waals surface area (Å²) >= 11 is 3.48. The first kappa shape index (κ1) is 19.4. The van der Waals surface area contributed by atoms with Crippen LogP contribution in [-0.4, -0.2) is 33.7 Å². The maximum atomic E-state index is 12.9. The molecule has 0 unspecified atom stereocenters. The van der Waals surface area contributed by atoms with E-state index in [1.807, 2.05) is 0 Å². The summed E-state index contributed by atoms with van der Waals surface area (Å²) in [7, 11) is 0. The first-order valence-corrected chi connectivity index (χ1v) is 9.46. The number of aryl methyl sites for hydroxylation is 2. The minimum absolute atomic E-state index is 0.360. The largest absolute Gasteiger partial charge is 0.506 e. The lowest BCUT2D eigenvalue weighted by Crippen LogP contribution is -2.38. The molecule has 144 valence electrons. The van der Waals surface area contributed by atoms with E-state index in [2.05, 4.69) is 21.2 Å². The maximum Gasteiger partial charge on any atom is 0.325 e. The number of rotatable bonds is 3. The summed E-state index contributed by atoms with van der Waals surface area (Å²) in [5, 5.41) is 13.4. The molecule has 3 rings (SSSR count). The monoisotopic (exact) mass is 436 g/mol. The van der Waals surface area contributed by atoms with Gasteiger partial charge in [0, 0.05) is 16.4 Å². The van der Waals surface area contributed by atoms with Crippen molar-refractivity contribution >= 4 is 38.7 Å². The molecule has 1 amide bonds. The molecule has 1 aromatic carbocycles. The number of halogens is 1. The van der Waals surface area contributed by atoms with Gasteiger partial charge in [0.05, 0.1) is 5.52 Å². The Morgan fingerprint density at radius 3 is 2.70 bits per heavy atom. The van der Waals surface area contributed by atoms with E-state index in [0.717, 1.165) is 22.9 Å². The topological polar surface area (TPSA) is 97.6 Å². The zero-order valence-electron chi connectivity index (χ0n) is 15.4. The van der Waals surface area contributed by atoms with Crippen molar-refractivity contribution < 1.29 is 19.4 Å². The van der Waals surface area contributed by atoms with Crippen LogP contribution in [0.4, 0.5) is 0 Å². The van der Waals surface area contributed by atoms with E-state index in [9.17, 15) is 19.5 Å². The van der Waals surface area contributed by atoms with Gasteiger partial charge in [-0.05, 0) is 51.3 Å². The molecule has 1 aliphatic heterocycles. The fraction of sp³-hybridized carbons (Fsp3) is 0.421. The van der Waals surface area contributed by atoms with Crippen molar-refractivity contribution in [2.75, 3.05) is 6.54 Å². The SMILES string of the molecule is CC(C)(C)OC(=O)CNC(=O)c1c(O)c2ccc(Br)c3c2n(c1=O)CCC3. The molecule has 0 spiro atoms. The summed E-state index contributed by atoms with van der Waals surface area (Å²) in [4.78, 5) is 37.2. The molecule has 0 fully saturated rings. The standard InChI is InChI=1S/C19H21BrN2O5/c1-19(2,3)27-13(23)9-21-17(25)14-16(24)11-6-7-12(20)10-5-4-8-22(15(10)11)18(14)26/h6-7,24H,4-5,8-9H2,1-3H3,(H,21,25). The van der Waals surface area contributed by atoms with Crippen LogP contribution >= 0.6 is 15.9 Å². The fourth-order valence-electron chi connectivity index (χ4n) is 3.27. The summed E-state index contributed by atoms with van der Waals surface area (Å²) < 4.78 is 7.51. The number of nitrogens with zero attached hydrogens (tertiary/aromatic N) is 1. The van der Waals surface area contributed by atoms with Crippen molar-refractivity contribution in [3.8, 4) is 5.75 Å². The average Bonchev–Trinajstić information content (AvgIpc) is 2.57. The van der Waals surface area contributed by atoms with E-state index >= 15 is 0 Å². The van der Waals surface area contributed by atoms with Crippen molar-refractivity contribution in [1.82, 2.24) is 9.88 Å². The van der Waals surface area contributed by atoms with Crippen molar-refractivity contribution in [2.45, 2.75) is 45.8 Å². The van der Waals surface area contributed by atoms with Crippen molar-refractivity contribution in [3.05, 3.63) is 38.1 Å². The van der Waals surface area contributed by atoms with E-state index in [1.165, 1.54) is 4.57 Å². The molecular formula is C19H21BrN2O5.